The van der Waals surface area contributed by atoms with Crippen LogP contribution in [0.15, 0.2) is 109 Å². The van der Waals surface area contributed by atoms with Crippen LogP contribution < -0.4 is 14.2 Å². The Labute approximate surface area is 295 Å². The van der Waals surface area contributed by atoms with Crippen molar-refractivity contribution >= 4 is 0 Å². The quantitative estimate of drug-likeness (QED) is 0.0835. The zero-order valence-electron chi connectivity index (χ0n) is 27.3. The fourth-order valence-corrected chi connectivity index (χ4v) is 5.00. The third kappa shape index (κ3) is 9.77. The van der Waals surface area contributed by atoms with Crippen LogP contribution in [0.3, 0.4) is 0 Å². The van der Waals surface area contributed by atoms with E-state index in [0.29, 0.717) is 24.3 Å². The summed E-state index contributed by atoms with van der Waals surface area (Å²) in [5, 5.41) is 0. The van der Waals surface area contributed by atoms with E-state index in [1.165, 1.54) is 12.1 Å². The van der Waals surface area contributed by atoms with Gasteiger partial charge in [-0.15, -0.1) is 13.2 Å². The Morgan fingerprint density at radius 2 is 0.849 bits per heavy atom. The fourth-order valence-electron chi connectivity index (χ4n) is 5.00. The highest BCUT2D eigenvalue weighted by Crippen LogP contribution is 2.42. The smallest absolute Gasteiger partial charge is 0.494 e. The molecule has 5 rings (SSSR count). The summed E-state index contributed by atoms with van der Waals surface area (Å²) in [5.41, 5.74) is -0.838. The van der Waals surface area contributed by atoms with Crippen LogP contribution in [0.5, 0.6) is 17.2 Å². The first kappa shape index (κ1) is 38.9. The normalized spacial score (nSPS) is 12.5. The zero-order valence-corrected chi connectivity index (χ0v) is 27.3. The van der Waals surface area contributed by atoms with E-state index in [0.717, 1.165) is 59.5 Å². The largest absolute Gasteiger partial charge is 0.527 e. The minimum Gasteiger partial charge on any atom is -0.494 e. The van der Waals surface area contributed by atoms with Gasteiger partial charge in [0, 0.05) is 12.1 Å². The Hall–Kier alpha value is -5.31. The van der Waals surface area contributed by atoms with E-state index in [9.17, 15) is 39.5 Å². The second kappa shape index (κ2) is 15.3. The molecule has 5 aromatic carbocycles. The van der Waals surface area contributed by atoms with E-state index in [2.05, 4.69) is 16.4 Å². The fraction of sp³-hybridized carbons (Fsp3) is 0.211. The summed E-state index contributed by atoms with van der Waals surface area (Å²) in [7, 11) is 0. The number of hydrogen-bond acceptors (Lipinski definition) is 4. The molecular formula is C38H27F11O4. The molecule has 0 bridgehead atoms. The maximum Gasteiger partial charge on any atom is 0.527 e. The van der Waals surface area contributed by atoms with Gasteiger partial charge in [-0.1, -0.05) is 61.9 Å². The van der Waals surface area contributed by atoms with E-state index >= 15 is 8.78 Å². The van der Waals surface area contributed by atoms with Crippen molar-refractivity contribution in [2.75, 3.05) is 6.61 Å². The Kier molecular flexibility index (Phi) is 11.3. The van der Waals surface area contributed by atoms with Crippen LogP contribution in [0, 0.1) is 11.6 Å². The zero-order chi connectivity index (χ0) is 38.6. The maximum atomic E-state index is 15.0. The summed E-state index contributed by atoms with van der Waals surface area (Å²) < 4.78 is 169. The van der Waals surface area contributed by atoms with Crippen LogP contribution in [0.4, 0.5) is 48.3 Å². The molecule has 0 unspecified atom stereocenters. The van der Waals surface area contributed by atoms with Crippen molar-refractivity contribution in [1.29, 1.82) is 0 Å². The third-order valence-electron chi connectivity index (χ3n) is 7.63. The van der Waals surface area contributed by atoms with Gasteiger partial charge in [0.15, 0.2) is 0 Å². The highest BCUT2D eigenvalue weighted by molar-refractivity contribution is 5.71. The van der Waals surface area contributed by atoms with Gasteiger partial charge in [0.25, 0.3) is 0 Å². The van der Waals surface area contributed by atoms with Gasteiger partial charge in [-0.2, -0.15) is 26.3 Å². The SMILES string of the molecule is CCCCOc1ccc(-c2ccc(-c3ccc(C(F)(F)Oc4ccc(C(F)(F)Oc5cc(F)c(C(F)(F)OC(F)(F)F)c(F)c5)cc4)cc3)cc2)cc1. The van der Waals surface area contributed by atoms with Gasteiger partial charge >= 0.3 is 24.7 Å². The summed E-state index contributed by atoms with van der Waals surface area (Å²) >= 11 is 0. The highest BCUT2D eigenvalue weighted by Gasteiger charge is 2.50. The van der Waals surface area contributed by atoms with Crippen molar-refractivity contribution < 1.29 is 67.2 Å². The Balaban J connectivity index is 1.22. The molecular weight excluding hydrogens is 729 g/mol. The lowest BCUT2D eigenvalue weighted by Crippen LogP contribution is -2.30. The lowest BCUT2D eigenvalue weighted by molar-refractivity contribution is -0.432. The highest BCUT2D eigenvalue weighted by atomic mass is 19.4. The van der Waals surface area contributed by atoms with E-state index in [1.54, 1.807) is 0 Å². The Bertz CT molecular complexity index is 1960. The second-order valence-electron chi connectivity index (χ2n) is 11.5. The van der Waals surface area contributed by atoms with Gasteiger partial charge in [-0.05, 0) is 77.2 Å². The molecule has 0 amide bonds. The van der Waals surface area contributed by atoms with Crippen molar-refractivity contribution in [2.45, 2.75) is 44.5 Å². The standard InChI is InChI=1S/C38H27F11O4/c1-2-3-20-50-29-16-10-26(11-17-29)24-6-4-23(5-7-24)25-8-12-27(13-9-25)35(41,42)51-30-18-14-28(15-19-30)36(43,44)52-31-21-32(39)34(33(40)22-31)37(45,46)53-38(47,48)49/h4-19,21-22H,2-3,20H2,1H3. The first-order valence-corrected chi connectivity index (χ1v) is 15.7. The number of ether oxygens (including phenoxy) is 4. The summed E-state index contributed by atoms with van der Waals surface area (Å²) in [6.45, 7) is 2.72. The Morgan fingerprint density at radius 1 is 0.472 bits per heavy atom. The van der Waals surface area contributed by atoms with Gasteiger partial charge in [0.1, 0.15) is 34.4 Å². The first-order valence-electron chi connectivity index (χ1n) is 15.7. The van der Waals surface area contributed by atoms with Crippen LogP contribution in [0.2, 0.25) is 0 Å². The predicted molar refractivity (Wildman–Crippen MR) is 171 cm³/mol. The van der Waals surface area contributed by atoms with Crippen molar-refractivity contribution in [2.24, 2.45) is 0 Å². The molecule has 0 aliphatic rings. The van der Waals surface area contributed by atoms with E-state index < -0.39 is 64.5 Å². The molecule has 0 spiro atoms. The molecule has 280 valence electrons. The molecule has 0 aliphatic heterocycles. The topological polar surface area (TPSA) is 36.9 Å². The number of hydrogen-bond donors (Lipinski definition) is 0. The third-order valence-corrected chi connectivity index (χ3v) is 7.63. The summed E-state index contributed by atoms with van der Waals surface area (Å²) in [6, 6.07) is 22.4. The van der Waals surface area contributed by atoms with Gasteiger partial charge in [0.05, 0.1) is 17.7 Å². The molecule has 0 radical (unpaired) electrons. The van der Waals surface area contributed by atoms with Crippen LogP contribution in [0.25, 0.3) is 22.3 Å². The van der Waals surface area contributed by atoms with Crippen molar-refractivity contribution in [3.05, 3.63) is 138 Å². The summed E-state index contributed by atoms with van der Waals surface area (Å²) in [6.07, 6.45) is -17.9. The summed E-state index contributed by atoms with van der Waals surface area (Å²) in [5.74, 6) is -5.95. The van der Waals surface area contributed by atoms with Gasteiger partial charge in [-0.25, -0.2) is 13.5 Å². The number of benzene rings is 5. The monoisotopic (exact) mass is 756 g/mol. The molecule has 0 aromatic heterocycles. The first-order chi connectivity index (χ1) is 24.9. The molecule has 0 fully saturated rings. The van der Waals surface area contributed by atoms with Crippen LogP contribution in [0.1, 0.15) is 36.5 Å². The molecule has 15 heteroatoms. The Morgan fingerprint density at radius 3 is 1.28 bits per heavy atom. The molecule has 5 aromatic rings. The predicted octanol–water partition coefficient (Wildman–Crippen LogP) is 12.3. The van der Waals surface area contributed by atoms with E-state index in [-0.39, 0.29) is 12.1 Å². The molecule has 0 N–H and O–H groups in total. The van der Waals surface area contributed by atoms with Gasteiger partial charge < -0.3 is 14.2 Å². The van der Waals surface area contributed by atoms with Crippen LogP contribution in [-0.2, 0) is 23.1 Å². The minimum atomic E-state index is -6.00. The maximum absolute atomic E-state index is 15.0. The molecule has 53 heavy (non-hydrogen) atoms. The lowest BCUT2D eigenvalue weighted by atomic mass is 9.99. The lowest BCUT2D eigenvalue weighted by Gasteiger charge is -2.22. The van der Waals surface area contributed by atoms with Crippen molar-refractivity contribution in [1.82, 2.24) is 0 Å². The van der Waals surface area contributed by atoms with Crippen molar-refractivity contribution in [3.8, 4) is 39.5 Å². The number of halogens is 11. The average Bonchev–Trinajstić information content (AvgIpc) is 3.07. The van der Waals surface area contributed by atoms with Gasteiger partial charge in [-0.3, -0.25) is 0 Å². The molecule has 0 saturated heterocycles. The van der Waals surface area contributed by atoms with E-state index in [1.807, 2.05) is 48.5 Å². The second-order valence-corrected chi connectivity index (χ2v) is 11.5. The van der Waals surface area contributed by atoms with Gasteiger partial charge in [0.2, 0.25) is 0 Å². The molecule has 0 heterocycles. The average molecular weight is 757 g/mol. The number of alkyl halides is 9. The van der Waals surface area contributed by atoms with Crippen LogP contribution in [-0.4, -0.2) is 13.0 Å². The van der Waals surface area contributed by atoms with Crippen molar-refractivity contribution in [3.63, 3.8) is 0 Å². The minimum absolute atomic E-state index is 0.205. The molecule has 0 saturated carbocycles. The molecule has 0 atom stereocenters. The van der Waals surface area contributed by atoms with E-state index in [4.69, 9.17) is 9.47 Å². The molecule has 0 aliphatic carbocycles. The number of unbranched alkanes of at least 4 members (excludes halogenated alkanes) is 1. The van der Waals surface area contributed by atoms with Crippen LogP contribution >= 0.6 is 0 Å². The molecule has 4 nitrogen and oxygen atoms in total. The summed E-state index contributed by atoms with van der Waals surface area (Å²) in [4.78, 5) is 0. The number of rotatable bonds is 14.